The first-order valence-electron chi connectivity index (χ1n) is 11.2. The molecule has 1 fully saturated rings. The molecule has 0 aliphatic carbocycles. The van der Waals surface area contributed by atoms with Crippen molar-refractivity contribution in [2.24, 2.45) is 0 Å². The average Bonchev–Trinajstić information content (AvgIpc) is 2.85. The molecule has 178 valence electrons. The van der Waals surface area contributed by atoms with Gasteiger partial charge in [-0.25, -0.2) is 9.59 Å². The summed E-state index contributed by atoms with van der Waals surface area (Å²) < 4.78 is 22.5. The Hall–Kier alpha value is -2.06. The van der Waals surface area contributed by atoms with E-state index in [9.17, 15) is 9.59 Å². The van der Waals surface area contributed by atoms with Crippen LogP contribution in [0.3, 0.4) is 0 Å². The second-order valence-corrected chi connectivity index (χ2v) is 10.5. The van der Waals surface area contributed by atoms with Crippen LogP contribution in [0.1, 0.15) is 72.4 Å². The molecule has 1 amide bonds. The summed E-state index contributed by atoms with van der Waals surface area (Å²) in [5.41, 5.74) is 1.77. The van der Waals surface area contributed by atoms with Crippen LogP contribution in [0.2, 0.25) is 0 Å². The normalized spacial score (nSPS) is 18.2. The van der Waals surface area contributed by atoms with E-state index in [4.69, 9.17) is 18.8 Å². The first kappa shape index (κ1) is 26.2. The zero-order valence-corrected chi connectivity index (χ0v) is 21.0. The molecule has 1 aromatic rings. The fraction of sp³-hybridized carbons (Fsp3) is 0.667. The van der Waals surface area contributed by atoms with E-state index in [1.165, 1.54) is 7.11 Å². The number of amides is 1. The third kappa shape index (κ3) is 6.97. The monoisotopic (exact) mass is 447 g/mol. The lowest BCUT2D eigenvalue weighted by Gasteiger charge is -2.32. The van der Waals surface area contributed by atoms with E-state index in [1.807, 2.05) is 34.6 Å². The van der Waals surface area contributed by atoms with Crippen molar-refractivity contribution in [3.63, 3.8) is 0 Å². The number of esters is 1. The highest BCUT2D eigenvalue weighted by atomic mass is 16.7. The highest BCUT2D eigenvalue weighted by Crippen LogP contribution is 2.36. The topological polar surface area (TPSA) is 83.1 Å². The first-order chi connectivity index (χ1) is 14.6. The van der Waals surface area contributed by atoms with Crippen molar-refractivity contribution in [2.75, 3.05) is 7.11 Å². The minimum Gasteiger partial charge on any atom is -0.467 e. The van der Waals surface area contributed by atoms with E-state index in [1.54, 1.807) is 20.8 Å². The minimum absolute atomic E-state index is 0.400. The number of methoxy groups -OCH3 is 1. The lowest BCUT2D eigenvalue weighted by Crippen LogP contribution is -2.44. The van der Waals surface area contributed by atoms with Crippen LogP contribution in [0.5, 0.6) is 0 Å². The zero-order chi connectivity index (χ0) is 24.3. The summed E-state index contributed by atoms with van der Waals surface area (Å²) in [5, 5.41) is 2.62. The Labute approximate surface area is 192 Å². The summed E-state index contributed by atoms with van der Waals surface area (Å²) in [7, 11) is 0.888. The number of carbonyl (C=O) groups is 2. The minimum atomic E-state index is -0.762. The Morgan fingerprint density at radius 2 is 1.69 bits per heavy atom. The van der Waals surface area contributed by atoms with Gasteiger partial charge in [0.25, 0.3) is 0 Å². The Morgan fingerprint density at radius 3 is 2.22 bits per heavy atom. The van der Waals surface area contributed by atoms with Gasteiger partial charge in [0.1, 0.15) is 11.6 Å². The van der Waals surface area contributed by atoms with Gasteiger partial charge in [0.05, 0.1) is 18.3 Å². The molecule has 1 atom stereocenters. The number of hydrogen-bond donors (Lipinski definition) is 1. The van der Waals surface area contributed by atoms with E-state index < -0.39 is 42.0 Å². The molecular weight excluding hydrogens is 409 g/mol. The smallest absolute Gasteiger partial charge is 0.467 e. The highest BCUT2D eigenvalue weighted by molar-refractivity contribution is 6.62. The molecule has 1 N–H and O–H groups in total. The van der Waals surface area contributed by atoms with Gasteiger partial charge in [-0.15, -0.1) is 0 Å². The SMILES string of the molecule is COC(=O)[C@H](CCCc1cc(C)cc(B2OC(C)(C)C(C)(C)O2)c1)NC(=O)OC(C)(C)C. The van der Waals surface area contributed by atoms with Crippen LogP contribution in [0.15, 0.2) is 18.2 Å². The van der Waals surface area contributed by atoms with Crippen LogP contribution in [-0.4, -0.2) is 49.1 Å². The second-order valence-electron chi connectivity index (χ2n) is 10.5. The van der Waals surface area contributed by atoms with Crippen LogP contribution >= 0.6 is 0 Å². The van der Waals surface area contributed by atoms with Crippen LogP contribution in [0, 0.1) is 6.92 Å². The highest BCUT2D eigenvalue weighted by Gasteiger charge is 2.51. The second kappa shape index (κ2) is 9.83. The van der Waals surface area contributed by atoms with Gasteiger partial charge in [-0.2, -0.15) is 0 Å². The van der Waals surface area contributed by atoms with Crippen molar-refractivity contribution >= 4 is 24.6 Å². The predicted molar refractivity (Wildman–Crippen MR) is 125 cm³/mol. The number of aryl methyl sites for hydroxylation is 2. The molecule has 0 unspecified atom stereocenters. The van der Waals surface area contributed by atoms with Crippen LogP contribution < -0.4 is 10.8 Å². The molecule has 0 spiro atoms. The average molecular weight is 447 g/mol. The molecule has 0 aromatic heterocycles. The number of alkyl carbamates (subject to hydrolysis) is 1. The number of benzene rings is 1. The Kier molecular flexibility index (Phi) is 8.05. The Bertz CT molecular complexity index is 814. The molecule has 1 aromatic carbocycles. The van der Waals surface area contributed by atoms with Crippen LogP contribution in [0.4, 0.5) is 4.79 Å². The van der Waals surface area contributed by atoms with Crippen LogP contribution in [-0.2, 0) is 30.0 Å². The summed E-state index contributed by atoms with van der Waals surface area (Å²) in [6, 6.07) is 5.52. The summed E-state index contributed by atoms with van der Waals surface area (Å²) in [6.07, 6.45) is 1.22. The fourth-order valence-electron chi connectivity index (χ4n) is 3.51. The molecule has 0 bridgehead atoms. The van der Waals surface area contributed by atoms with E-state index in [2.05, 4.69) is 23.5 Å². The van der Waals surface area contributed by atoms with Gasteiger partial charge >= 0.3 is 19.2 Å². The van der Waals surface area contributed by atoms with Gasteiger partial charge in [0.2, 0.25) is 0 Å². The molecule has 32 heavy (non-hydrogen) atoms. The van der Waals surface area contributed by atoms with Crippen molar-refractivity contribution in [2.45, 2.75) is 97.5 Å². The predicted octanol–water partition coefficient (Wildman–Crippen LogP) is 3.68. The van der Waals surface area contributed by atoms with Crippen molar-refractivity contribution in [3.05, 3.63) is 29.3 Å². The number of nitrogens with one attached hydrogen (secondary N) is 1. The van der Waals surface area contributed by atoms with E-state index in [0.717, 1.165) is 23.0 Å². The third-order valence-electron chi connectivity index (χ3n) is 5.82. The van der Waals surface area contributed by atoms with Crippen molar-refractivity contribution < 1.29 is 28.4 Å². The molecule has 1 heterocycles. The molecule has 1 aliphatic rings. The Morgan fingerprint density at radius 1 is 1.09 bits per heavy atom. The summed E-state index contributed by atoms with van der Waals surface area (Å²) in [6.45, 7) is 15.5. The van der Waals surface area contributed by atoms with Gasteiger partial charge in [-0.1, -0.05) is 23.8 Å². The maximum Gasteiger partial charge on any atom is 0.494 e. The van der Waals surface area contributed by atoms with Crippen molar-refractivity contribution in [3.8, 4) is 0 Å². The number of carbonyl (C=O) groups excluding carboxylic acids is 2. The standard InChI is InChI=1S/C24H38BNO6/c1-16-13-17(15-18(14-16)25-31-23(5,6)24(7,8)32-25)11-10-12-19(20(27)29-9)26-21(28)30-22(2,3)4/h13-15,19H,10-12H2,1-9H3,(H,26,28)/t19-/m0/s1. The lowest BCUT2D eigenvalue weighted by molar-refractivity contribution is -0.143. The quantitative estimate of drug-likeness (QED) is 0.507. The summed E-state index contributed by atoms with van der Waals surface area (Å²) in [4.78, 5) is 24.2. The molecule has 0 saturated carbocycles. The molecule has 8 heteroatoms. The van der Waals surface area contributed by atoms with E-state index >= 15 is 0 Å². The van der Waals surface area contributed by atoms with E-state index in [-0.39, 0.29) is 0 Å². The fourth-order valence-corrected chi connectivity index (χ4v) is 3.51. The first-order valence-corrected chi connectivity index (χ1v) is 11.2. The van der Waals surface area contributed by atoms with Gasteiger partial charge in [0, 0.05) is 0 Å². The lowest BCUT2D eigenvalue weighted by atomic mass is 9.77. The van der Waals surface area contributed by atoms with Gasteiger partial charge in [0.15, 0.2) is 0 Å². The molecule has 0 radical (unpaired) electrons. The zero-order valence-electron chi connectivity index (χ0n) is 21.0. The number of rotatable bonds is 7. The van der Waals surface area contributed by atoms with Gasteiger partial charge in [-0.05, 0) is 85.7 Å². The largest absolute Gasteiger partial charge is 0.494 e. The third-order valence-corrected chi connectivity index (χ3v) is 5.82. The van der Waals surface area contributed by atoms with Gasteiger partial charge in [-0.3, -0.25) is 0 Å². The molecule has 1 saturated heterocycles. The van der Waals surface area contributed by atoms with Crippen molar-refractivity contribution in [1.82, 2.24) is 5.32 Å². The molecular formula is C24H38BNO6. The summed E-state index contributed by atoms with van der Waals surface area (Å²) >= 11 is 0. The molecule has 7 nitrogen and oxygen atoms in total. The van der Waals surface area contributed by atoms with E-state index in [0.29, 0.717) is 12.8 Å². The molecule has 2 rings (SSSR count). The number of hydrogen-bond acceptors (Lipinski definition) is 6. The Balaban J connectivity index is 2.03. The maximum absolute atomic E-state index is 12.1. The van der Waals surface area contributed by atoms with Gasteiger partial charge < -0.3 is 24.1 Å². The maximum atomic E-state index is 12.1. The number of ether oxygens (including phenoxy) is 2. The molecule has 1 aliphatic heterocycles. The summed E-state index contributed by atoms with van der Waals surface area (Å²) in [5.74, 6) is -0.488. The van der Waals surface area contributed by atoms with Crippen molar-refractivity contribution in [1.29, 1.82) is 0 Å². The van der Waals surface area contributed by atoms with Crippen LogP contribution in [0.25, 0.3) is 0 Å².